The van der Waals surface area contributed by atoms with Crippen LogP contribution < -0.4 is 5.32 Å². The van der Waals surface area contributed by atoms with Crippen molar-refractivity contribution in [2.75, 3.05) is 19.6 Å². The maximum atomic E-state index is 3.65. The Bertz CT molecular complexity index is 353. The van der Waals surface area contributed by atoms with Gasteiger partial charge in [0.25, 0.3) is 0 Å². The van der Waals surface area contributed by atoms with E-state index in [-0.39, 0.29) is 0 Å². The Morgan fingerprint density at radius 2 is 2.39 bits per heavy atom. The lowest BCUT2D eigenvalue weighted by molar-refractivity contribution is 0.139. The van der Waals surface area contributed by atoms with Gasteiger partial charge in [0.2, 0.25) is 0 Å². The van der Waals surface area contributed by atoms with Crippen LogP contribution in [0.1, 0.15) is 37.5 Å². The van der Waals surface area contributed by atoms with E-state index in [2.05, 4.69) is 44.5 Å². The predicted octanol–water partition coefficient (Wildman–Crippen LogP) is 3.86. The van der Waals surface area contributed by atoms with Gasteiger partial charge in [-0.05, 0) is 59.7 Å². The zero-order valence-corrected chi connectivity index (χ0v) is 13.5. The van der Waals surface area contributed by atoms with Gasteiger partial charge in [0, 0.05) is 28.5 Å². The fourth-order valence-electron chi connectivity index (χ4n) is 2.57. The highest BCUT2D eigenvalue weighted by atomic mass is 79.9. The Balaban J connectivity index is 1.89. The van der Waals surface area contributed by atoms with Crippen molar-refractivity contribution < 1.29 is 0 Å². The van der Waals surface area contributed by atoms with Gasteiger partial charge < -0.3 is 5.32 Å². The SMILES string of the molecule is CCCNCC1CCCCN1Cc1sccc1Br. The minimum absolute atomic E-state index is 0.722. The molecule has 102 valence electrons. The van der Waals surface area contributed by atoms with Crippen LogP contribution in [0.2, 0.25) is 0 Å². The van der Waals surface area contributed by atoms with Crippen molar-refractivity contribution in [1.29, 1.82) is 0 Å². The number of hydrogen-bond donors (Lipinski definition) is 1. The second-order valence-corrected chi connectivity index (χ2v) is 6.87. The van der Waals surface area contributed by atoms with E-state index in [0.717, 1.165) is 25.7 Å². The molecule has 1 saturated heterocycles. The molecule has 1 N–H and O–H groups in total. The second kappa shape index (κ2) is 7.63. The van der Waals surface area contributed by atoms with E-state index in [0.29, 0.717) is 0 Å². The highest BCUT2D eigenvalue weighted by molar-refractivity contribution is 9.10. The van der Waals surface area contributed by atoms with Crippen molar-refractivity contribution in [3.05, 3.63) is 20.8 Å². The predicted molar refractivity (Wildman–Crippen MR) is 83.2 cm³/mol. The lowest BCUT2D eigenvalue weighted by Crippen LogP contribution is -2.45. The Labute approximate surface area is 123 Å². The monoisotopic (exact) mass is 330 g/mol. The molecule has 0 aromatic carbocycles. The molecule has 0 aliphatic carbocycles. The molecular weight excluding hydrogens is 308 g/mol. The molecule has 2 heterocycles. The van der Waals surface area contributed by atoms with Crippen LogP contribution in [0.5, 0.6) is 0 Å². The second-order valence-electron chi connectivity index (χ2n) is 5.02. The number of thiophene rings is 1. The summed E-state index contributed by atoms with van der Waals surface area (Å²) in [7, 11) is 0. The number of nitrogens with zero attached hydrogens (tertiary/aromatic N) is 1. The molecular formula is C14H23BrN2S. The summed E-state index contributed by atoms with van der Waals surface area (Å²) < 4.78 is 1.28. The minimum atomic E-state index is 0.722. The summed E-state index contributed by atoms with van der Waals surface area (Å²) in [6, 6.07) is 2.88. The fourth-order valence-corrected chi connectivity index (χ4v) is 4.07. The molecule has 1 fully saturated rings. The quantitative estimate of drug-likeness (QED) is 0.796. The maximum absolute atomic E-state index is 3.65. The van der Waals surface area contributed by atoms with Crippen LogP contribution in [0.3, 0.4) is 0 Å². The normalized spacial score (nSPS) is 21.3. The average molecular weight is 331 g/mol. The van der Waals surface area contributed by atoms with Crippen LogP contribution in [0, 0.1) is 0 Å². The molecule has 1 unspecified atom stereocenters. The third kappa shape index (κ3) is 4.05. The largest absolute Gasteiger partial charge is 0.315 e. The first kappa shape index (κ1) is 14.5. The van der Waals surface area contributed by atoms with Gasteiger partial charge in [-0.15, -0.1) is 11.3 Å². The summed E-state index contributed by atoms with van der Waals surface area (Å²) in [5, 5.41) is 5.75. The van der Waals surface area contributed by atoms with Gasteiger partial charge in [0.1, 0.15) is 0 Å². The number of halogens is 1. The Morgan fingerprint density at radius 1 is 1.50 bits per heavy atom. The summed E-state index contributed by atoms with van der Waals surface area (Å²) in [4.78, 5) is 4.13. The molecule has 18 heavy (non-hydrogen) atoms. The summed E-state index contributed by atoms with van der Waals surface area (Å²) >= 11 is 5.51. The van der Waals surface area contributed by atoms with E-state index in [1.54, 1.807) is 0 Å². The van der Waals surface area contributed by atoms with Gasteiger partial charge in [-0.1, -0.05) is 13.3 Å². The molecule has 2 nitrogen and oxygen atoms in total. The van der Waals surface area contributed by atoms with Crippen LogP contribution in [0.15, 0.2) is 15.9 Å². The minimum Gasteiger partial charge on any atom is -0.315 e. The van der Waals surface area contributed by atoms with E-state index in [1.165, 1.54) is 41.6 Å². The molecule has 4 heteroatoms. The van der Waals surface area contributed by atoms with Crippen molar-refractivity contribution in [3.63, 3.8) is 0 Å². The lowest BCUT2D eigenvalue weighted by atomic mass is 10.0. The van der Waals surface area contributed by atoms with E-state index in [1.807, 2.05) is 11.3 Å². The molecule has 0 amide bonds. The van der Waals surface area contributed by atoms with Crippen molar-refractivity contribution in [3.8, 4) is 0 Å². The Kier molecular flexibility index (Phi) is 6.15. The van der Waals surface area contributed by atoms with Gasteiger partial charge in [-0.2, -0.15) is 0 Å². The molecule has 1 aromatic rings. The number of likely N-dealkylation sites (tertiary alicyclic amines) is 1. The van der Waals surface area contributed by atoms with Gasteiger partial charge in [0.15, 0.2) is 0 Å². The molecule has 1 aliphatic rings. The first-order valence-electron chi connectivity index (χ1n) is 6.98. The summed E-state index contributed by atoms with van der Waals surface area (Å²) in [5.41, 5.74) is 0. The van der Waals surface area contributed by atoms with Crippen molar-refractivity contribution in [1.82, 2.24) is 10.2 Å². The number of piperidine rings is 1. The Morgan fingerprint density at radius 3 is 3.11 bits per heavy atom. The maximum Gasteiger partial charge on any atom is 0.0342 e. The summed E-state index contributed by atoms with van der Waals surface area (Å²) in [6.45, 7) is 6.89. The third-order valence-electron chi connectivity index (χ3n) is 3.59. The van der Waals surface area contributed by atoms with Gasteiger partial charge >= 0.3 is 0 Å². The van der Waals surface area contributed by atoms with Crippen molar-refractivity contribution in [2.45, 2.75) is 45.2 Å². The van der Waals surface area contributed by atoms with Crippen LogP contribution >= 0.6 is 27.3 Å². The standard InChI is InChI=1S/C14H23BrN2S/c1-2-7-16-10-12-5-3-4-8-17(12)11-14-13(15)6-9-18-14/h6,9,12,16H,2-5,7-8,10-11H2,1H3. The van der Waals surface area contributed by atoms with E-state index < -0.39 is 0 Å². The number of rotatable bonds is 6. The fraction of sp³-hybridized carbons (Fsp3) is 0.714. The zero-order chi connectivity index (χ0) is 12.8. The molecule has 0 radical (unpaired) electrons. The van der Waals surface area contributed by atoms with Gasteiger partial charge in [-0.3, -0.25) is 4.90 Å². The van der Waals surface area contributed by atoms with Crippen molar-refractivity contribution in [2.24, 2.45) is 0 Å². The molecule has 1 aromatic heterocycles. The molecule has 1 atom stereocenters. The smallest absolute Gasteiger partial charge is 0.0342 e. The molecule has 0 saturated carbocycles. The van der Waals surface area contributed by atoms with Crippen LogP contribution in [0.4, 0.5) is 0 Å². The summed E-state index contributed by atoms with van der Waals surface area (Å²) in [5.74, 6) is 0. The van der Waals surface area contributed by atoms with Gasteiger partial charge in [0.05, 0.1) is 0 Å². The van der Waals surface area contributed by atoms with Crippen molar-refractivity contribution >= 4 is 27.3 Å². The first-order valence-corrected chi connectivity index (χ1v) is 8.65. The Hall–Kier alpha value is 0.100. The highest BCUT2D eigenvalue weighted by Gasteiger charge is 2.22. The molecule has 1 aliphatic heterocycles. The number of hydrogen-bond acceptors (Lipinski definition) is 3. The van der Waals surface area contributed by atoms with Crippen LogP contribution in [-0.2, 0) is 6.54 Å². The molecule has 0 bridgehead atoms. The highest BCUT2D eigenvalue weighted by Crippen LogP contribution is 2.27. The third-order valence-corrected chi connectivity index (χ3v) is 5.50. The van der Waals surface area contributed by atoms with E-state index in [9.17, 15) is 0 Å². The van der Waals surface area contributed by atoms with Crippen LogP contribution in [-0.4, -0.2) is 30.6 Å². The lowest BCUT2D eigenvalue weighted by Gasteiger charge is -2.35. The summed E-state index contributed by atoms with van der Waals surface area (Å²) in [6.07, 6.45) is 5.32. The molecule has 2 rings (SSSR count). The number of nitrogens with one attached hydrogen (secondary N) is 1. The van der Waals surface area contributed by atoms with E-state index in [4.69, 9.17) is 0 Å². The van der Waals surface area contributed by atoms with E-state index >= 15 is 0 Å². The van der Waals surface area contributed by atoms with Crippen LogP contribution in [0.25, 0.3) is 0 Å². The first-order chi connectivity index (χ1) is 8.81. The zero-order valence-electron chi connectivity index (χ0n) is 11.1. The van der Waals surface area contributed by atoms with Gasteiger partial charge in [-0.25, -0.2) is 0 Å². The molecule has 0 spiro atoms. The average Bonchev–Trinajstić information content (AvgIpc) is 2.78. The topological polar surface area (TPSA) is 15.3 Å².